The number of anilines is 1. The SMILES string of the molecule is CN(C)c1cc2c(s1)-c1sc(C=O)cc1[Si]2(C)C. The van der Waals surface area contributed by atoms with Crippen LogP contribution in [0.15, 0.2) is 12.1 Å². The van der Waals surface area contributed by atoms with Gasteiger partial charge >= 0.3 is 0 Å². The maximum absolute atomic E-state index is 11.0. The number of rotatable bonds is 2. The number of hydrogen-bond donors (Lipinski definition) is 0. The lowest BCUT2D eigenvalue weighted by atomic mass is 10.4. The van der Waals surface area contributed by atoms with E-state index < -0.39 is 8.07 Å². The lowest BCUT2D eigenvalue weighted by Gasteiger charge is -2.16. The van der Waals surface area contributed by atoms with E-state index in [9.17, 15) is 4.79 Å². The van der Waals surface area contributed by atoms with Crippen LogP contribution in [-0.2, 0) is 0 Å². The van der Waals surface area contributed by atoms with Crippen molar-refractivity contribution in [2.75, 3.05) is 19.0 Å². The van der Waals surface area contributed by atoms with Gasteiger partial charge in [-0.05, 0) is 22.5 Å². The van der Waals surface area contributed by atoms with Crippen molar-refractivity contribution >= 4 is 52.4 Å². The molecule has 0 fully saturated rings. The Hall–Kier alpha value is -0.913. The molecule has 94 valence electrons. The molecule has 0 unspecified atom stereocenters. The largest absolute Gasteiger partial charge is 0.370 e. The summed E-state index contributed by atoms with van der Waals surface area (Å²) in [5.41, 5.74) is 0. The van der Waals surface area contributed by atoms with Gasteiger partial charge in [0.25, 0.3) is 0 Å². The molecule has 0 aromatic carbocycles. The first-order valence-electron chi connectivity index (χ1n) is 5.86. The smallest absolute Gasteiger partial charge is 0.160 e. The standard InChI is InChI=1S/C13H15NOS2Si/c1-14(2)11-6-10-13(17-11)12-9(18(10,3)4)5-8(7-15)16-12/h5-7H,1-4H3. The molecule has 0 bridgehead atoms. The fourth-order valence-corrected chi connectivity index (χ4v) is 9.42. The first kappa shape index (κ1) is 12.1. The lowest BCUT2D eigenvalue weighted by molar-refractivity contribution is 0.112. The van der Waals surface area contributed by atoms with E-state index in [1.807, 2.05) is 11.3 Å². The van der Waals surface area contributed by atoms with E-state index in [1.165, 1.54) is 25.1 Å². The van der Waals surface area contributed by atoms with E-state index in [1.54, 1.807) is 11.3 Å². The van der Waals surface area contributed by atoms with Crippen molar-refractivity contribution in [2.45, 2.75) is 13.1 Å². The van der Waals surface area contributed by atoms with E-state index in [4.69, 9.17) is 0 Å². The predicted octanol–water partition coefficient (Wildman–Crippen LogP) is 2.49. The molecule has 2 aromatic rings. The first-order chi connectivity index (χ1) is 8.45. The van der Waals surface area contributed by atoms with Crippen molar-refractivity contribution < 1.29 is 4.79 Å². The van der Waals surface area contributed by atoms with Gasteiger partial charge in [-0.2, -0.15) is 0 Å². The summed E-state index contributed by atoms with van der Waals surface area (Å²) in [4.78, 5) is 16.8. The highest BCUT2D eigenvalue weighted by molar-refractivity contribution is 7.31. The number of carbonyl (C=O) groups excluding carboxylic acids is 1. The van der Waals surface area contributed by atoms with Gasteiger partial charge in [0.15, 0.2) is 6.29 Å². The molecule has 0 saturated heterocycles. The average molecular weight is 293 g/mol. The Labute approximate surface area is 116 Å². The highest BCUT2D eigenvalue weighted by Gasteiger charge is 2.41. The van der Waals surface area contributed by atoms with Crippen molar-refractivity contribution in [1.82, 2.24) is 0 Å². The molecule has 5 heteroatoms. The van der Waals surface area contributed by atoms with Crippen LogP contribution in [0.1, 0.15) is 9.67 Å². The van der Waals surface area contributed by atoms with Gasteiger partial charge in [0.2, 0.25) is 0 Å². The molecule has 0 radical (unpaired) electrons. The molecule has 1 aliphatic heterocycles. The van der Waals surface area contributed by atoms with Crippen LogP contribution >= 0.6 is 22.7 Å². The van der Waals surface area contributed by atoms with E-state index in [2.05, 4.69) is 44.2 Å². The Balaban J connectivity index is 2.25. The zero-order valence-electron chi connectivity index (χ0n) is 10.9. The number of nitrogens with zero attached hydrogens (tertiary/aromatic N) is 1. The molecular formula is C13H15NOS2Si. The number of hydrogen-bond acceptors (Lipinski definition) is 4. The van der Waals surface area contributed by atoms with Gasteiger partial charge in [-0.25, -0.2) is 0 Å². The fraction of sp³-hybridized carbons (Fsp3) is 0.308. The van der Waals surface area contributed by atoms with Crippen LogP contribution in [0.3, 0.4) is 0 Å². The van der Waals surface area contributed by atoms with Gasteiger partial charge in [0.1, 0.15) is 8.07 Å². The molecule has 2 aromatic heterocycles. The second-order valence-corrected chi connectivity index (χ2v) is 11.8. The molecular weight excluding hydrogens is 278 g/mol. The van der Waals surface area contributed by atoms with Gasteiger partial charge in [-0.1, -0.05) is 13.1 Å². The summed E-state index contributed by atoms with van der Waals surface area (Å²) in [5.74, 6) is 0. The Morgan fingerprint density at radius 1 is 1.11 bits per heavy atom. The molecule has 3 heterocycles. The molecule has 3 rings (SSSR count). The van der Waals surface area contributed by atoms with E-state index in [0.29, 0.717) is 0 Å². The van der Waals surface area contributed by atoms with E-state index in [-0.39, 0.29) is 0 Å². The number of aldehydes is 1. The molecule has 0 saturated carbocycles. The molecule has 0 aliphatic carbocycles. The van der Waals surface area contributed by atoms with Crippen molar-refractivity contribution in [3.05, 3.63) is 17.0 Å². The monoisotopic (exact) mass is 293 g/mol. The average Bonchev–Trinajstić information content (AvgIpc) is 2.95. The Kier molecular flexibility index (Phi) is 2.55. The van der Waals surface area contributed by atoms with Crippen LogP contribution in [0.25, 0.3) is 9.75 Å². The molecule has 18 heavy (non-hydrogen) atoms. The van der Waals surface area contributed by atoms with Crippen LogP contribution in [-0.4, -0.2) is 28.5 Å². The third-order valence-corrected chi connectivity index (χ3v) is 9.95. The Morgan fingerprint density at radius 2 is 1.72 bits per heavy atom. The second kappa shape index (κ2) is 3.79. The lowest BCUT2D eigenvalue weighted by Crippen LogP contribution is -2.48. The van der Waals surface area contributed by atoms with Gasteiger partial charge < -0.3 is 4.90 Å². The third-order valence-electron chi connectivity index (χ3n) is 3.58. The zero-order chi connectivity index (χ0) is 13.1. The normalized spacial score (nSPS) is 15.3. The molecule has 0 N–H and O–H groups in total. The molecule has 0 amide bonds. The third kappa shape index (κ3) is 1.47. The number of carbonyl (C=O) groups is 1. The minimum Gasteiger partial charge on any atom is -0.370 e. The summed E-state index contributed by atoms with van der Waals surface area (Å²) in [6.07, 6.45) is 0.980. The molecule has 0 atom stereocenters. The van der Waals surface area contributed by atoms with E-state index in [0.717, 1.165) is 11.2 Å². The summed E-state index contributed by atoms with van der Waals surface area (Å²) >= 11 is 3.50. The highest BCUT2D eigenvalue weighted by atomic mass is 32.1. The molecule has 0 spiro atoms. The van der Waals surface area contributed by atoms with Crippen LogP contribution in [0.5, 0.6) is 0 Å². The van der Waals surface area contributed by atoms with Gasteiger partial charge in [0.05, 0.1) is 9.88 Å². The van der Waals surface area contributed by atoms with Crippen molar-refractivity contribution in [3.63, 3.8) is 0 Å². The van der Waals surface area contributed by atoms with Crippen LogP contribution in [0.4, 0.5) is 5.00 Å². The quantitative estimate of drug-likeness (QED) is 0.626. The summed E-state index contributed by atoms with van der Waals surface area (Å²) < 4.78 is 0. The summed E-state index contributed by atoms with van der Waals surface area (Å²) in [7, 11) is 2.60. The van der Waals surface area contributed by atoms with Crippen LogP contribution in [0.2, 0.25) is 13.1 Å². The number of fused-ring (bicyclic) bond motifs is 3. The van der Waals surface area contributed by atoms with Gasteiger partial charge in [-0.15, -0.1) is 22.7 Å². The van der Waals surface area contributed by atoms with Crippen LogP contribution in [0, 0.1) is 0 Å². The van der Waals surface area contributed by atoms with E-state index >= 15 is 0 Å². The second-order valence-electron chi connectivity index (χ2n) is 5.36. The van der Waals surface area contributed by atoms with Gasteiger partial charge in [-0.3, -0.25) is 4.79 Å². The summed E-state index contributed by atoms with van der Waals surface area (Å²) in [6.45, 7) is 4.76. The maximum Gasteiger partial charge on any atom is 0.160 e. The minimum absolute atomic E-state index is 0.867. The van der Waals surface area contributed by atoms with Gasteiger partial charge in [0, 0.05) is 23.8 Å². The number of thiophene rings is 2. The topological polar surface area (TPSA) is 20.3 Å². The maximum atomic E-state index is 11.0. The Bertz CT molecular complexity index is 639. The van der Waals surface area contributed by atoms with Crippen molar-refractivity contribution in [2.24, 2.45) is 0 Å². The summed E-state index contributed by atoms with van der Waals surface area (Å²) in [6, 6.07) is 4.46. The van der Waals surface area contributed by atoms with Crippen molar-refractivity contribution in [3.8, 4) is 9.75 Å². The zero-order valence-corrected chi connectivity index (χ0v) is 13.5. The fourth-order valence-electron chi connectivity index (χ4n) is 2.48. The first-order valence-corrected chi connectivity index (χ1v) is 10.5. The molecule has 2 nitrogen and oxygen atoms in total. The minimum atomic E-state index is -1.57. The molecule has 1 aliphatic rings. The highest BCUT2D eigenvalue weighted by Crippen LogP contribution is 2.41. The summed E-state index contributed by atoms with van der Waals surface area (Å²) in [5, 5.41) is 4.29. The predicted molar refractivity (Wildman–Crippen MR) is 84.1 cm³/mol. The Morgan fingerprint density at radius 3 is 2.33 bits per heavy atom. The van der Waals surface area contributed by atoms with Crippen LogP contribution < -0.4 is 15.3 Å². The van der Waals surface area contributed by atoms with Crippen molar-refractivity contribution in [1.29, 1.82) is 0 Å².